The standard InChI is InChI=1S/C21H25F4N3O4/c1-13(2)32-20(31)27-15(10-14-6-3-4-8-17(14)22)11-18(29)28-9-5-7-16(28)12-26-19(30)21(23,24)25/h3-4,6,8,15-16H,1,5,7,9-12H2,2H3,(H,26,30)(H,27,31)/t15-,16+/m1/s1. The summed E-state index contributed by atoms with van der Waals surface area (Å²) < 4.78 is 56.2. The lowest BCUT2D eigenvalue weighted by Gasteiger charge is -2.27. The fourth-order valence-corrected chi connectivity index (χ4v) is 3.47. The maximum Gasteiger partial charge on any atom is 0.471 e. The molecule has 1 heterocycles. The molecule has 7 nitrogen and oxygen atoms in total. The van der Waals surface area contributed by atoms with Gasteiger partial charge in [-0.3, -0.25) is 9.59 Å². The molecule has 2 rings (SSSR count). The maximum absolute atomic E-state index is 14.1. The Kier molecular flexibility index (Phi) is 8.62. The zero-order chi connectivity index (χ0) is 23.9. The predicted molar refractivity (Wildman–Crippen MR) is 107 cm³/mol. The zero-order valence-corrected chi connectivity index (χ0v) is 17.5. The van der Waals surface area contributed by atoms with Gasteiger partial charge in [0, 0.05) is 31.6 Å². The van der Waals surface area contributed by atoms with Gasteiger partial charge in [-0.05, 0) is 37.8 Å². The third kappa shape index (κ3) is 7.54. The molecule has 1 aliphatic rings. The third-order valence-corrected chi connectivity index (χ3v) is 4.89. The summed E-state index contributed by atoms with van der Waals surface area (Å²) in [7, 11) is 0. The molecule has 1 aliphatic heterocycles. The van der Waals surface area contributed by atoms with E-state index >= 15 is 0 Å². The average molecular weight is 459 g/mol. The molecule has 1 fully saturated rings. The number of hydrogen-bond acceptors (Lipinski definition) is 4. The Morgan fingerprint density at radius 3 is 2.59 bits per heavy atom. The number of benzene rings is 1. The summed E-state index contributed by atoms with van der Waals surface area (Å²) in [5.41, 5.74) is 0.274. The summed E-state index contributed by atoms with van der Waals surface area (Å²) in [6.45, 7) is 4.87. The van der Waals surface area contributed by atoms with Crippen molar-refractivity contribution in [3.63, 3.8) is 0 Å². The Hall–Kier alpha value is -3.11. The van der Waals surface area contributed by atoms with E-state index < -0.39 is 42.0 Å². The minimum Gasteiger partial charge on any atom is -0.416 e. The van der Waals surface area contributed by atoms with E-state index in [1.54, 1.807) is 11.4 Å². The number of nitrogens with one attached hydrogen (secondary N) is 2. The molecule has 0 bridgehead atoms. The molecule has 1 saturated heterocycles. The van der Waals surface area contributed by atoms with Crippen LogP contribution >= 0.6 is 0 Å². The number of ether oxygens (including phenoxy) is 1. The lowest BCUT2D eigenvalue weighted by Crippen LogP contribution is -2.48. The molecule has 0 saturated carbocycles. The second-order valence-corrected chi connectivity index (χ2v) is 7.52. The molecular formula is C21H25F4N3O4. The lowest BCUT2D eigenvalue weighted by atomic mass is 10.0. The molecule has 2 atom stereocenters. The van der Waals surface area contributed by atoms with E-state index in [0.717, 1.165) is 0 Å². The first-order valence-electron chi connectivity index (χ1n) is 9.99. The number of alkyl carbamates (subject to hydrolysis) is 1. The molecule has 1 aromatic rings. The topological polar surface area (TPSA) is 87.7 Å². The Morgan fingerprint density at radius 2 is 1.97 bits per heavy atom. The first kappa shape index (κ1) is 25.2. The van der Waals surface area contributed by atoms with Gasteiger partial charge in [-0.15, -0.1) is 0 Å². The molecule has 0 aliphatic carbocycles. The van der Waals surface area contributed by atoms with Crippen molar-refractivity contribution in [1.82, 2.24) is 15.5 Å². The monoisotopic (exact) mass is 459 g/mol. The molecular weight excluding hydrogens is 434 g/mol. The van der Waals surface area contributed by atoms with Crippen LogP contribution in [-0.2, 0) is 20.7 Å². The van der Waals surface area contributed by atoms with E-state index in [-0.39, 0.29) is 30.7 Å². The number of allylic oxidation sites excluding steroid dienone is 1. The first-order chi connectivity index (χ1) is 15.0. The number of amides is 3. The molecule has 0 unspecified atom stereocenters. The number of carbonyl (C=O) groups excluding carboxylic acids is 3. The highest BCUT2D eigenvalue weighted by atomic mass is 19.4. The van der Waals surface area contributed by atoms with Crippen LogP contribution in [0.4, 0.5) is 22.4 Å². The van der Waals surface area contributed by atoms with Crippen LogP contribution in [0.3, 0.4) is 0 Å². The average Bonchev–Trinajstić information content (AvgIpc) is 3.15. The summed E-state index contributed by atoms with van der Waals surface area (Å²) in [5.74, 6) is -2.89. The van der Waals surface area contributed by atoms with Crippen molar-refractivity contribution in [2.45, 2.75) is 50.9 Å². The van der Waals surface area contributed by atoms with Crippen molar-refractivity contribution in [3.05, 3.63) is 48.0 Å². The van der Waals surface area contributed by atoms with Gasteiger partial charge >= 0.3 is 18.2 Å². The summed E-state index contributed by atoms with van der Waals surface area (Å²) in [5, 5.41) is 4.31. The van der Waals surface area contributed by atoms with Gasteiger partial charge in [0.15, 0.2) is 0 Å². The fourth-order valence-electron chi connectivity index (χ4n) is 3.47. The molecule has 0 radical (unpaired) electrons. The quantitative estimate of drug-likeness (QED) is 0.462. The zero-order valence-electron chi connectivity index (χ0n) is 17.5. The highest BCUT2D eigenvalue weighted by Crippen LogP contribution is 2.21. The van der Waals surface area contributed by atoms with Crippen LogP contribution in [0.25, 0.3) is 0 Å². The second-order valence-electron chi connectivity index (χ2n) is 7.52. The fraction of sp³-hybridized carbons (Fsp3) is 0.476. The van der Waals surface area contributed by atoms with E-state index in [1.165, 1.54) is 30.0 Å². The van der Waals surface area contributed by atoms with Crippen LogP contribution in [-0.4, -0.2) is 54.2 Å². The van der Waals surface area contributed by atoms with E-state index in [0.29, 0.717) is 19.4 Å². The molecule has 0 aromatic heterocycles. The van der Waals surface area contributed by atoms with Crippen LogP contribution in [0.5, 0.6) is 0 Å². The molecule has 3 amide bonds. The second kappa shape index (κ2) is 11.0. The Morgan fingerprint density at radius 1 is 1.28 bits per heavy atom. The van der Waals surface area contributed by atoms with Crippen molar-refractivity contribution in [1.29, 1.82) is 0 Å². The van der Waals surface area contributed by atoms with E-state index in [4.69, 9.17) is 4.74 Å². The van der Waals surface area contributed by atoms with Crippen LogP contribution in [0.1, 0.15) is 31.7 Å². The van der Waals surface area contributed by atoms with Crippen LogP contribution in [0.2, 0.25) is 0 Å². The number of likely N-dealkylation sites (tertiary alicyclic amines) is 1. The summed E-state index contributed by atoms with van der Waals surface area (Å²) in [6, 6.07) is 4.45. The molecule has 176 valence electrons. The van der Waals surface area contributed by atoms with Gasteiger partial charge in [-0.2, -0.15) is 13.2 Å². The minimum absolute atomic E-state index is 0.00692. The van der Waals surface area contributed by atoms with Crippen LogP contribution in [0.15, 0.2) is 36.6 Å². The Labute approximate surface area is 182 Å². The lowest BCUT2D eigenvalue weighted by molar-refractivity contribution is -0.173. The first-order valence-corrected chi connectivity index (χ1v) is 9.99. The normalized spacial score (nSPS) is 16.9. The Balaban J connectivity index is 2.06. The van der Waals surface area contributed by atoms with Crippen molar-refractivity contribution >= 4 is 17.9 Å². The largest absolute Gasteiger partial charge is 0.471 e. The number of hydrogen-bond donors (Lipinski definition) is 2. The summed E-state index contributed by atoms with van der Waals surface area (Å²) >= 11 is 0. The van der Waals surface area contributed by atoms with E-state index in [1.807, 2.05) is 0 Å². The van der Waals surface area contributed by atoms with Gasteiger partial charge in [0.2, 0.25) is 5.91 Å². The van der Waals surface area contributed by atoms with Crippen molar-refractivity contribution < 1.29 is 36.7 Å². The highest BCUT2D eigenvalue weighted by Gasteiger charge is 2.39. The minimum atomic E-state index is -5.01. The third-order valence-electron chi connectivity index (χ3n) is 4.89. The van der Waals surface area contributed by atoms with E-state index in [2.05, 4.69) is 11.9 Å². The molecule has 1 aromatic carbocycles. The number of halogens is 4. The van der Waals surface area contributed by atoms with Crippen molar-refractivity contribution in [2.75, 3.05) is 13.1 Å². The summed E-state index contributed by atoms with van der Waals surface area (Å²) in [4.78, 5) is 37.3. The molecule has 32 heavy (non-hydrogen) atoms. The molecule has 11 heteroatoms. The smallest absolute Gasteiger partial charge is 0.416 e. The number of alkyl halides is 3. The van der Waals surface area contributed by atoms with Gasteiger partial charge in [0.1, 0.15) is 5.82 Å². The summed E-state index contributed by atoms with van der Waals surface area (Å²) in [6.07, 6.45) is -5.13. The van der Waals surface area contributed by atoms with Gasteiger partial charge in [-0.25, -0.2) is 9.18 Å². The van der Waals surface area contributed by atoms with Gasteiger partial charge in [0.05, 0.1) is 5.76 Å². The maximum atomic E-state index is 14.1. The van der Waals surface area contributed by atoms with Gasteiger partial charge < -0.3 is 20.3 Å². The Bertz CT molecular complexity index is 860. The van der Waals surface area contributed by atoms with E-state index in [9.17, 15) is 31.9 Å². The van der Waals surface area contributed by atoms with Gasteiger partial charge in [-0.1, -0.05) is 24.8 Å². The number of nitrogens with zero attached hydrogens (tertiary/aromatic N) is 1. The number of carbonyl (C=O) groups is 3. The molecule has 0 spiro atoms. The van der Waals surface area contributed by atoms with Gasteiger partial charge in [0.25, 0.3) is 0 Å². The number of rotatable bonds is 8. The molecule has 2 N–H and O–H groups in total. The highest BCUT2D eigenvalue weighted by molar-refractivity contribution is 5.82. The van der Waals surface area contributed by atoms with Crippen molar-refractivity contribution in [3.8, 4) is 0 Å². The predicted octanol–water partition coefficient (Wildman–Crippen LogP) is 3.06. The van der Waals surface area contributed by atoms with Crippen LogP contribution < -0.4 is 10.6 Å². The SMILES string of the molecule is C=C(C)OC(=O)N[C@@H](CC(=O)N1CCC[C@H]1CNC(=O)C(F)(F)F)Cc1ccccc1F. The van der Waals surface area contributed by atoms with Crippen molar-refractivity contribution in [2.24, 2.45) is 0 Å². The van der Waals surface area contributed by atoms with Crippen LogP contribution in [0, 0.1) is 5.82 Å².